The third kappa shape index (κ3) is 5.17. The Morgan fingerprint density at radius 2 is 2.05 bits per heavy atom. The van der Waals surface area contributed by atoms with Crippen molar-refractivity contribution in [3.8, 4) is 0 Å². The second-order valence-electron chi connectivity index (χ2n) is 5.80. The number of nitrogens with one attached hydrogen (secondary N) is 1. The van der Waals surface area contributed by atoms with Crippen molar-refractivity contribution in [2.24, 2.45) is 5.92 Å². The zero-order valence-electron chi connectivity index (χ0n) is 12.6. The van der Waals surface area contributed by atoms with Gasteiger partial charge in [0, 0.05) is 18.3 Å². The smallest absolute Gasteiger partial charge is 0.254 e. The van der Waals surface area contributed by atoms with Crippen LogP contribution < -0.4 is 11.1 Å². The number of benzene rings is 1. The van der Waals surface area contributed by atoms with Gasteiger partial charge >= 0.3 is 0 Å². The van der Waals surface area contributed by atoms with Crippen LogP contribution >= 0.6 is 0 Å². The zero-order valence-corrected chi connectivity index (χ0v) is 12.6. The van der Waals surface area contributed by atoms with Gasteiger partial charge in [-0.2, -0.15) is 0 Å². The van der Waals surface area contributed by atoms with Crippen LogP contribution in [0.5, 0.6) is 0 Å². The van der Waals surface area contributed by atoms with Gasteiger partial charge in [0.1, 0.15) is 5.82 Å². The Balaban J connectivity index is 2.81. The molecule has 0 aliphatic rings. The zero-order chi connectivity index (χ0) is 15.3. The van der Waals surface area contributed by atoms with E-state index in [1.807, 2.05) is 19.0 Å². The number of nitrogens with zero attached hydrogens (tertiary/aromatic N) is 1. The van der Waals surface area contributed by atoms with Gasteiger partial charge in [-0.3, -0.25) is 4.79 Å². The van der Waals surface area contributed by atoms with Crippen LogP contribution in [0.25, 0.3) is 0 Å². The Morgan fingerprint density at radius 3 is 2.60 bits per heavy atom. The maximum absolute atomic E-state index is 13.7. The first kappa shape index (κ1) is 16.4. The van der Waals surface area contributed by atoms with E-state index in [-0.39, 0.29) is 11.6 Å². The monoisotopic (exact) mass is 281 g/mol. The molecule has 3 N–H and O–H groups in total. The van der Waals surface area contributed by atoms with Crippen molar-refractivity contribution < 1.29 is 9.18 Å². The number of hydrogen-bond donors (Lipinski definition) is 2. The number of carbonyl (C=O) groups excluding carboxylic acids is 1. The molecule has 1 rings (SSSR count). The van der Waals surface area contributed by atoms with Gasteiger partial charge in [-0.25, -0.2) is 4.39 Å². The average molecular weight is 281 g/mol. The molecule has 1 atom stereocenters. The first-order valence-corrected chi connectivity index (χ1v) is 6.80. The molecule has 20 heavy (non-hydrogen) atoms. The van der Waals surface area contributed by atoms with E-state index in [1.54, 1.807) is 0 Å². The van der Waals surface area contributed by atoms with Crippen LogP contribution in [0.4, 0.5) is 10.1 Å². The molecule has 0 saturated carbocycles. The molecule has 0 aliphatic heterocycles. The van der Waals surface area contributed by atoms with Crippen molar-refractivity contribution >= 4 is 11.6 Å². The van der Waals surface area contributed by atoms with E-state index < -0.39 is 11.7 Å². The Labute approximate surface area is 120 Å². The number of nitrogen functional groups attached to an aromatic ring is 1. The van der Waals surface area contributed by atoms with Crippen molar-refractivity contribution in [3.63, 3.8) is 0 Å². The number of hydrogen-bond acceptors (Lipinski definition) is 3. The van der Waals surface area contributed by atoms with Crippen LogP contribution in [0, 0.1) is 11.7 Å². The van der Waals surface area contributed by atoms with Gasteiger partial charge in [0.25, 0.3) is 5.91 Å². The molecule has 0 aliphatic carbocycles. The summed E-state index contributed by atoms with van der Waals surface area (Å²) in [4.78, 5) is 14.2. The molecule has 5 heteroatoms. The molecule has 0 heterocycles. The number of anilines is 1. The normalized spacial score (nSPS) is 12.8. The summed E-state index contributed by atoms with van der Waals surface area (Å²) in [6.07, 6.45) is 0.841. The van der Waals surface area contributed by atoms with E-state index >= 15 is 0 Å². The second-order valence-corrected chi connectivity index (χ2v) is 5.80. The molecule has 0 spiro atoms. The summed E-state index contributed by atoms with van der Waals surface area (Å²) in [6.45, 7) is 4.90. The molecular formula is C15H24FN3O. The summed E-state index contributed by atoms with van der Waals surface area (Å²) >= 11 is 0. The van der Waals surface area contributed by atoms with Crippen LogP contribution in [-0.4, -0.2) is 37.5 Å². The second kappa shape index (κ2) is 7.24. The molecule has 1 amide bonds. The number of halogens is 1. The standard InChI is InChI=1S/C15H24FN3O/c1-10(2)7-12(9-19(3)4)18-15(20)13-8-11(17)5-6-14(13)16/h5-6,8,10,12H,7,9,17H2,1-4H3,(H,18,20). The highest BCUT2D eigenvalue weighted by atomic mass is 19.1. The van der Waals surface area contributed by atoms with E-state index in [2.05, 4.69) is 19.2 Å². The predicted octanol–water partition coefficient (Wildman–Crippen LogP) is 2.11. The highest BCUT2D eigenvalue weighted by molar-refractivity contribution is 5.95. The lowest BCUT2D eigenvalue weighted by molar-refractivity contribution is 0.0920. The topological polar surface area (TPSA) is 58.4 Å². The van der Waals surface area contributed by atoms with Gasteiger partial charge in [-0.15, -0.1) is 0 Å². The Hall–Kier alpha value is -1.62. The first-order valence-electron chi connectivity index (χ1n) is 6.80. The summed E-state index contributed by atoms with van der Waals surface area (Å²) in [7, 11) is 3.89. The highest BCUT2D eigenvalue weighted by Crippen LogP contribution is 2.13. The number of carbonyl (C=O) groups is 1. The van der Waals surface area contributed by atoms with Crippen molar-refractivity contribution in [1.29, 1.82) is 0 Å². The molecule has 112 valence electrons. The van der Waals surface area contributed by atoms with Crippen molar-refractivity contribution in [3.05, 3.63) is 29.6 Å². The Kier molecular flexibility index (Phi) is 5.95. The minimum absolute atomic E-state index is 0.00230. The predicted molar refractivity (Wildman–Crippen MR) is 80.1 cm³/mol. The van der Waals surface area contributed by atoms with E-state index in [0.29, 0.717) is 18.2 Å². The van der Waals surface area contributed by atoms with Crippen LogP contribution in [-0.2, 0) is 0 Å². The number of amides is 1. The molecule has 0 radical (unpaired) electrons. The lowest BCUT2D eigenvalue weighted by Gasteiger charge is -2.24. The van der Waals surface area contributed by atoms with Gasteiger partial charge in [0.2, 0.25) is 0 Å². The fourth-order valence-electron chi connectivity index (χ4n) is 2.17. The maximum atomic E-state index is 13.7. The van der Waals surface area contributed by atoms with Crippen LogP contribution in [0.3, 0.4) is 0 Å². The van der Waals surface area contributed by atoms with Gasteiger partial charge < -0.3 is 16.0 Å². The SMILES string of the molecule is CC(C)CC(CN(C)C)NC(=O)c1cc(N)ccc1F. The summed E-state index contributed by atoms with van der Waals surface area (Å²) in [6, 6.07) is 4.01. The van der Waals surface area contributed by atoms with Crippen LogP contribution in [0.1, 0.15) is 30.6 Å². The van der Waals surface area contributed by atoms with E-state index in [0.717, 1.165) is 6.42 Å². The van der Waals surface area contributed by atoms with E-state index in [1.165, 1.54) is 18.2 Å². The van der Waals surface area contributed by atoms with Gasteiger partial charge in [0.15, 0.2) is 0 Å². The minimum Gasteiger partial charge on any atom is -0.399 e. The molecule has 4 nitrogen and oxygen atoms in total. The minimum atomic E-state index is -0.551. The molecule has 0 aromatic heterocycles. The molecule has 0 saturated heterocycles. The lowest BCUT2D eigenvalue weighted by Crippen LogP contribution is -2.42. The van der Waals surface area contributed by atoms with Crippen LogP contribution in [0.15, 0.2) is 18.2 Å². The number of likely N-dealkylation sites (N-methyl/N-ethyl adjacent to an activating group) is 1. The molecular weight excluding hydrogens is 257 g/mol. The third-order valence-corrected chi connectivity index (χ3v) is 2.91. The van der Waals surface area contributed by atoms with Crippen LogP contribution in [0.2, 0.25) is 0 Å². The van der Waals surface area contributed by atoms with Crippen molar-refractivity contribution in [2.45, 2.75) is 26.3 Å². The summed E-state index contributed by atoms with van der Waals surface area (Å²) in [5, 5.41) is 2.89. The third-order valence-electron chi connectivity index (χ3n) is 2.91. The number of nitrogens with two attached hydrogens (primary N) is 1. The molecule has 1 aromatic carbocycles. The maximum Gasteiger partial charge on any atom is 0.254 e. The molecule has 1 aromatic rings. The van der Waals surface area contributed by atoms with E-state index in [9.17, 15) is 9.18 Å². The highest BCUT2D eigenvalue weighted by Gasteiger charge is 2.18. The molecule has 0 fully saturated rings. The average Bonchev–Trinajstić information content (AvgIpc) is 2.30. The largest absolute Gasteiger partial charge is 0.399 e. The van der Waals surface area contributed by atoms with E-state index in [4.69, 9.17) is 5.73 Å². The first-order chi connectivity index (χ1) is 9.29. The molecule has 1 unspecified atom stereocenters. The quantitative estimate of drug-likeness (QED) is 0.785. The molecule has 0 bridgehead atoms. The fraction of sp³-hybridized carbons (Fsp3) is 0.533. The Bertz CT molecular complexity index is 450. The summed E-state index contributed by atoms with van der Waals surface area (Å²) < 4.78 is 13.7. The number of rotatable bonds is 6. The fourth-order valence-corrected chi connectivity index (χ4v) is 2.17. The lowest BCUT2D eigenvalue weighted by atomic mass is 10.0. The van der Waals surface area contributed by atoms with Gasteiger partial charge in [0.05, 0.1) is 5.56 Å². The van der Waals surface area contributed by atoms with Crippen molar-refractivity contribution in [1.82, 2.24) is 10.2 Å². The summed E-state index contributed by atoms with van der Waals surface area (Å²) in [5.74, 6) is -0.516. The Morgan fingerprint density at radius 1 is 1.40 bits per heavy atom. The van der Waals surface area contributed by atoms with Gasteiger partial charge in [-0.1, -0.05) is 13.8 Å². The van der Waals surface area contributed by atoms with Gasteiger partial charge in [-0.05, 0) is 44.6 Å². The van der Waals surface area contributed by atoms with Crippen molar-refractivity contribution in [2.75, 3.05) is 26.4 Å². The summed E-state index contributed by atoms with van der Waals surface area (Å²) in [5.41, 5.74) is 5.98.